The van der Waals surface area contributed by atoms with E-state index in [0.717, 1.165) is 18.4 Å². The Hall–Kier alpha value is -2.04. The number of hydrogen-bond acceptors (Lipinski definition) is 4. The van der Waals surface area contributed by atoms with E-state index in [1.165, 1.54) is 0 Å². The summed E-state index contributed by atoms with van der Waals surface area (Å²) < 4.78 is 5.44. The van der Waals surface area contributed by atoms with Crippen LogP contribution in [0.2, 0.25) is 0 Å². The van der Waals surface area contributed by atoms with Gasteiger partial charge in [0.25, 0.3) is 6.01 Å². The number of benzene rings is 1. The van der Waals surface area contributed by atoms with Crippen LogP contribution < -0.4 is 5.32 Å². The summed E-state index contributed by atoms with van der Waals surface area (Å²) in [5.41, 5.74) is 1.37. The number of carboxylic acid groups (broad SMARTS) is 1. The fraction of sp³-hybridized carbons (Fsp3) is 0.385. The lowest BCUT2D eigenvalue weighted by Crippen LogP contribution is -2.29. The topological polar surface area (TPSA) is 75.4 Å². The van der Waals surface area contributed by atoms with Gasteiger partial charge in [0.1, 0.15) is 11.6 Å². The molecule has 0 fully saturated rings. The molecule has 0 unspecified atom stereocenters. The molecule has 18 heavy (non-hydrogen) atoms. The molecule has 0 bridgehead atoms. The summed E-state index contributed by atoms with van der Waals surface area (Å²) in [5, 5.41) is 11.9. The average molecular weight is 248 g/mol. The summed E-state index contributed by atoms with van der Waals surface area (Å²) >= 11 is 0. The highest BCUT2D eigenvalue weighted by atomic mass is 16.4. The van der Waals surface area contributed by atoms with Gasteiger partial charge < -0.3 is 14.8 Å². The number of anilines is 1. The maximum absolute atomic E-state index is 11.1. The highest BCUT2D eigenvalue weighted by Gasteiger charge is 2.18. The van der Waals surface area contributed by atoms with Crippen LogP contribution in [-0.4, -0.2) is 22.1 Å². The summed E-state index contributed by atoms with van der Waals surface area (Å²) in [6.45, 7) is 2.03. The van der Waals surface area contributed by atoms with Crippen molar-refractivity contribution in [3.8, 4) is 0 Å². The molecule has 2 rings (SSSR count). The van der Waals surface area contributed by atoms with Crippen molar-refractivity contribution in [3.63, 3.8) is 0 Å². The molecule has 0 saturated heterocycles. The van der Waals surface area contributed by atoms with Gasteiger partial charge in [-0.3, -0.25) is 0 Å². The molecule has 0 aliphatic heterocycles. The monoisotopic (exact) mass is 248 g/mol. The maximum Gasteiger partial charge on any atom is 0.326 e. The predicted molar refractivity (Wildman–Crippen MR) is 68.6 cm³/mol. The third-order valence-electron chi connectivity index (χ3n) is 2.74. The Bertz CT molecular complexity index is 503. The number of carboxylic acids is 1. The summed E-state index contributed by atoms with van der Waals surface area (Å²) in [7, 11) is 0. The van der Waals surface area contributed by atoms with Gasteiger partial charge in [0.2, 0.25) is 0 Å². The number of nitrogens with one attached hydrogen (secondary N) is 1. The van der Waals surface area contributed by atoms with Crippen LogP contribution in [-0.2, 0) is 4.79 Å². The number of aliphatic carboxylic acids is 1. The number of rotatable bonds is 6. The van der Waals surface area contributed by atoms with Crippen LogP contribution in [0, 0.1) is 0 Å². The van der Waals surface area contributed by atoms with Crippen LogP contribution in [0.1, 0.15) is 26.2 Å². The quantitative estimate of drug-likeness (QED) is 0.822. The molecule has 2 aromatic rings. The van der Waals surface area contributed by atoms with E-state index in [1.807, 2.05) is 25.1 Å². The first kappa shape index (κ1) is 12.4. The van der Waals surface area contributed by atoms with Crippen molar-refractivity contribution >= 4 is 23.1 Å². The van der Waals surface area contributed by atoms with Gasteiger partial charge in [-0.15, -0.1) is 0 Å². The third kappa shape index (κ3) is 2.80. The first-order chi connectivity index (χ1) is 8.70. The van der Waals surface area contributed by atoms with Crippen LogP contribution in [0.3, 0.4) is 0 Å². The average Bonchev–Trinajstić information content (AvgIpc) is 2.76. The fourth-order valence-corrected chi connectivity index (χ4v) is 1.75. The number of oxazole rings is 1. The summed E-state index contributed by atoms with van der Waals surface area (Å²) in [5.74, 6) is -0.884. The van der Waals surface area contributed by atoms with E-state index in [2.05, 4.69) is 10.3 Å². The number of fused-ring (bicyclic) bond motifs is 1. The Morgan fingerprint density at radius 1 is 1.50 bits per heavy atom. The van der Waals surface area contributed by atoms with E-state index in [0.29, 0.717) is 12.0 Å². The lowest BCUT2D eigenvalue weighted by Gasteiger charge is -2.11. The number of aromatic nitrogens is 1. The Balaban J connectivity index is 2.12. The number of carbonyl (C=O) groups is 1. The fourth-order valence-electron chi connectivity index (χ4n) is 1.75. The molecule has 5 heteroatoms. The standard InChI is InChI=1S/C13H16N2O3/c1-2-3-6-10(12(16)17)15-13-14-9-7-4-5-8-11(9)18-13/h4-5,7-8,10H,2-3,6H2,1H3,(H,14,15)(H,16,17)/t10-/m0/s1. The van der Waals surface area contributed by atoms with Crippen molar-refractivity contribution in [2.75, 3.05) is 5.32 Å². The zero-order valence-corrected chi connectivity index (χ0v) is 10.2. The van der Waals surface area contributed by atoms with Crippen LogP contribution in [0.25, 0.3) is 11.1 Å². The normalized spacial score (nSPS) is 12.5. The van der Waals surface area contributed by atoms with E-state index in [-0.39, 0.29) is 6.01 Å². The van der Waals surface area contributed by atoms with Crippen LogP contribution in [0.15, 0.2) is 28.7 Å². The molecule has 1 aromatic heterocycles. The van der Waals surface area contributed by atoms with Gasteiger partial charge in [0.15, 0.2) is 5.58 Å². The van der Waals surface area contributed by atoms with E-state index in [1.54, 1.807) is 6.07 Å². The van der Waals surface area contributed by atoms with Crippen molar-refractivity contribution in [2.45, 2.75) is 32.2 Å². The second kappa shape index (κ2) is 5.53. The van der Waals surface area contributed by atoms with E-state index in [9.17, 15) is 4.79 Å². The summed E-state index contributed by atoms with van der Waals surface area (Å²) in [6.07, 6.45) is 2.37. The lowest BCUT2D eigenvalue weighted by molar-refractivity contribution is -0.138. The minimum absolute atomic E-state index is 0.264. The molecular weight excluding hydrogens is 232 g/mol. The smallest absolute Gasteiger partial charge is 0.326 e. The van der Waals surface area contributed by atoms with E-state index in [4.69, 9.17) is 9.52 Å². The molecule has 1 atom stereocenters. The molecule has 0 saturated carbocycles. The Morgan fingerprint density at radius 2 is 2.28 bits per heavy atom. The lowest BCUT2D eigenvalue weighted by atomic mass is 10.1. The highest BCUT2D eigenvalue weighted by Crippen LogP contribution is 2.19. The van der Waals surface area contributed by atoms with Crippen molar-refractivity contribution in [1.29, 1.82) is 0 Å². The van der Waals surface area contributed by atoms with Gasteiger partial charge in [-0.25, -0.2) is 4.79 Å². The molecule has 5 nitrogen and oxygen atoms in total. The molecule has 96 valence electrons. The van der Waals surface area contributed by atoms with Gasteiger partial charge in [-0.1, -0.05) is 31.9 Å². The largest absolute Gasteiger partial charge is 0.480 e. The Kier molecular flexibility index (Phi) is 3.82. The van der Waals surface area contributed by atoms with Crippen LogP contribution in [0.4, 0.5) is 6.01 Å². The first-order valence-corrected chi connectivity index (χ1v) is 6.05. The Labute approximate surface area is 105 Å². The SMILES string of the molecule is CCCC[C@H](Nc1nc2ccccc2o1)C(=O)O. The number of hydrogen-bond donors (Lipinski definition) is 2. The van der Waals surface area contributed by atoms with Gasteiger partial charge in [0.05, 0.1) is 0 Å². The van der Waals surface area contributed by atoms with Crippen LogP contribution in [0.5, 0.6) is 0 Å². The molecule has 0 spiro atoms. The zero-order valence-electron chi connectivity index (χ0n) is 10.2. The number of para-hydroxylation sites is 2. The van der Waals surface area contributed by atoms with Crippen molar-refractivity contribution in [1.82, 2.24) is 4.98 Å². The van der Waals surface area contributed by atoms with Gasteiger partial charge in [0, 0.05) is 0 Å². The molecule has 1 aromatic carbocycles. The number of unbranched alkanes of at least 4 members (excludes halogenated alkanes) is 1. The molecule has 1 heterocycles. The van der Waals surface area contributed by atoms with Gasteiger partial charge in [-0.05, 0) is 18.6 Å². The molecular formula is C13H16N2O3. The van der Waals surface area contributed by atoms with E-state index >= 15 is 0 Å². The third-order valence-corrected chi connectivity index (χ3v) is 2.74. The summed E-state index contributed by atoms with van der Waals surface area (Å²) in [6, 6.07) is 6.95. The summed E-state index contributed by atoms with van der Waals surface area (Å²) in [4.78, 5) is 15.3. The zero-order chi connectivity index (χ0) is 13.0. The van der Waals surface area contributed by atoms with Gasteiger partial charge in [-0.2, -0.15) is 4.98 Å². The highest BCUT2D eigenvalue weighted by molar-refractivity contribution is 5.78. The predicted octanol–water partition coefficient (Wildman–Crippen LogP) is 2.88. The second-order valence-corrected chi connectivity index (χ2v) is 4.16. The van der Waals surface area contributed by atoms with E-state index < -0.39 is 12.0 Å². The minimum Gasteiger partial charge on any atom is -0.480 e. The molecule has 0 aliphatic rings. The molecule has 0 amide bonds. The van der Waals surface area contributed by atoms with Gasteiger partial charge >= 0.3 is 5.97 Å². The molecule has 0 radical (unpaired) electrons. The number of nitrogens with zero attached hydrogens (tertiary/aromatic N) is 1. The van der Waals surface area contributed by atoms with Crippen molar-refractivity contribution in [3.05, 3.63) is 24.3 Å². The maximum atomic E-state index is 11.1. The molecule has 2 N–H and O–H groups in total. The molecule has 0 aliphatic carbocycles. The Morgan fingerprint density at radius 3 is 2.94 bits per heavy atom. The second-order valence-electron chi connectivity index (χ2n) is 4.16. The van der Waals surface area contributed by atoms with Crippen LogP contribution >= 0.6 is 0 Å². The van der Waals surface area contributed by atoms with Crippen molar-refractivity contribution in [2.24, 2.45) is 0 Å². The van der Waals surface area contributed by atoms with Crippen molar-refractivity contribution < 1.29 is 14.3 Å². The minimum atomic E-state index is -0.884. The first-order valence-electron chi connectivity index (χ1n) is 6.05.